The van der Waals surface area contributed by atoms with Crippen LogP contribution in [0.15, 0.2) is 60.7 Å². The van der Waals surface area contributed by atoms with Crippen molar-refractivity contribution in [3.8, 4) is 46.0 Å². The molecule has 4 aromatic rings. The van der Waals surface area contributed by atoms with Crippen molar-refractivity contribution in [2.24, 2.45) is 0 Å². The van der Waals surface area contributed by atoms with Gasteiger partial charge < -0.3 is 90.3 Å². The van der Waals surface area contributed by atoms with Crippen LogP contribution in [0, 0.1) is 0 Å². The van der Waals surface area contributed by atoms with Gasteiger partial charge in [-0.25, -0.2) is 0 Å². The van der Waals surface area contributed by atoms with E-state index in [0.29, 0.717) is 45.4 Å². The number of halogens is 2. The second-order valence-corrected chi connectivity index (χ2v) is 14.1. The Morgan fingerprint density at radius 2 is 1.17 bits per heavy atom. The smallest absolute Gasteiger partial charge is 0.201 e. The minimum Gasteiger partial charge on any atom is -1.00 e. The van der Waals surface area contributed by atoms with Gasteiger partial charge in [0.2, 0.25) is 5.75 Å². The van der Waals surface area contributed by atoms with Gasteiger partial charge in [0.15, 0.2) is 34.5 Å². The molecule has 0 aromatic heterocycles. The highest BCUT2D eigenvalue weighted by molar-refractivity contribution is 5.61. The van der Waals surface area contributed by atoms with Crippen LogP contribution >= 0.6 is 0 Å². The molecule has 0 saturated carbocycles. The predicted octanol–water partition coefficient (Wildman–Crippen LogP) is -3.27. The van der Waals surface area contributed by atoms with Crippen LogP contribution < -0.4 is 43.8 Å². The van der Waals surface area contributed by atoms with E-state index >= 15 is 0 Å². The number of rotatable bonds is 2. The van der Waals surface area contributed by atoms with Crippen molar-refractivity contribution in [3.63, 3.8) is 0 Å². The van der Waals surface area contributed by atoms with E-state index in [0.717, 1.165) is 53.5 Å². The number of benzene rings is 4. The number of phenols is 2. The molecule has 4 aliphatic rings. The van der Waals surface area contributed by atoms with Crippen molar-refractivity contribution in [2.45, 2.75) is 37.8 Å². The molecule has 296 valence electrons. The van der Waals surface area contributed by atoms with Gasteiger partial charge in [-0.05, 0) is 64.7 Å². The minimum absolute atomic E-state index is 0. The van der Waals surface area contributed by atoms with E-state index in [1.165, 1.54) is 16.7 Å². The highest BCUT2D eigenvalue weighted by Crippen LogP contribution is 2.51. The largest absolute Gasteiger partial charge is 1.00 e. The first-order valence-electron chi connectivity index (χ1n) is 16.0. The quantitative estimate of drug-likeness (QED) is 0.198. The number of likely N-dealkylation sites (N-methyl/N-ethyl adjacent to an activating group) is 2. The summed E-state index contributed by atoms with van der Waals surface area (Å²) in [6.07, 6.45) is 3.21. The van der Waals surface area contributed by atoms with Crippen LogP contribution in [0.2, 0.25) is 0 Å². The Labute approximate surface area is 322 Å². The maximum atomic E-state index is 11.5. The molecular formula is C38H54Cl2N2O11. The summed E-state index contributed by atoms with van der Waals surface area (Å²) in [5.41, 5.74) is 6.74. The van der Waals surface area contributed by atoms with E-state index in [9.17, 15) is 10.2 Å². The molecule has 15 heteroatoms. The van der Waals surface area contributed by atoms with E-state index in [2.05, 4.69) is 52.5 Å². The number of fused-ring (bicyclic) bond motifs is 2. The lowest BCUT2D eigenvalue weighted by Crippen LogP contribution is -3.00. The van der Waals surface area contributed by atoms with Gasteiger partial charge in [-0.2, -0.15) is 0 Å². The van der Waals surface area contributed by atoms with Crippen LogP contribution in [-0.2, 0) is 25.7 Å². The number of hydrogen-bond donors (Lipinski definition) is 2. The number of ether oxygens (including phenoxy) is 4. The Kier molecular flexibility index (Phi) is 17.0. The monoisotopic (exact) mass is 784 g/mol. The summed E-state index contributed by atoms with van der Waals surface area (Å²) in [4.78, 5) is 0. The molecule has 0 amide bonds. The first-order valence-corrected chi connectivity index (χ1v) is 16.0. The lowest BCUT2D eigenvalue weighted by Gasteiger charge is -2.43. The van der Waals surface area contributed by atoms with Crippen molar-refractivity contribution in [1.82, 2.24) is 0 Å². The first kappa shape index (κ1) is 49.0. The van der Waals surface area contributed by atoms with Crippen molar-refractivity contribution in [3.05, 3.63) is 94.0 Å². The van der Waals surface area contributed by atoms with Crippen molar-refractivity contribution >= 4 is 0 Å². The van der Waals surface area contributed by atoms with E-state index in [-0.39, 0.29) is 75.8 Å². The van der Waals surface area contributed by atoms with Gasteiger partial charge in [0.05, 0.1) is 61.1 Å². The normalized spacial score (nSPS) is 18.0. The Bertz CT molecular complexity index is 1840. The molecule has 13 nitrogen and oxygen atoms in total. The number of aromatic hydroxyl groups is 2. The Hall–Kier alpha value is -4.02. The minimum atomic E-state index is -0.0508. The van der Waals surface area contributed by atoms with Gasteiger partial charge in [0.1, 0.15) is 17.8 Å². The molecule has 0 radical (unpaired) electrons. The molecule has 4 aliphatic heterocycles. The summed E-state index contributed by atoms with van der Waals surface area (Å²) < 4.78 is 26.1. The summed E-state index contributed by atoms with van der Waals surface area (Å²) >= 11 is 0. The maximum Gasteiger partial charge on any atom is 0.201 e. The fourth-order valence-electron chi connectivity index (χ4n) is 7.61. The average molecular weight is 786 g/mol. The van der Waals surface area contributed by atoms with E-state index in [1.54, 1.807) is 20.3 Å². The van der Waals surface area contributed by atoms with Gasteiger partial charge in [-0.1, -0.05) is 18.2 Å². The Morgan fingerprint density at radius 3 is 1.79 bits per heavy atom. The average Bonchev–Trinajstić information content (AvgIpc) is 3.03. The number of nitrogens with zero attached hydrogens (tertiary/aromatic N) is 2. The highest BCUT2D eigenvalue weighted by atomic mass is 35.5. The zero-order chi connectivity index (χ0) is 32.4. The molecule has 4 aromatic carbocycles. The summed E-state index contributed by atoms with van der Waals surface area (Å²) in [6, 6.07) is 20.1. The second kappa shape index (κ2) is 18.3. The summed E-state index contributed by atoms with van der Waals surface area (Å²) in [7, 11) is 12.2. The molecule has 6 bridgehead atoms. The van der Waals surface area contributed by atoms with Crippen LogP contribution in [0.4, 0.5) is 0 Å². The standard InChI is InChI=1S/C38H42N2O6.2ClH.5H2O/c1-39(2)15-13-25-20-33(43-5)34-22-28(25)29(39)17-23-7-10-27(11-8-23)45-38-36-26(21-35(44-6)37(38)42)14-16-40(3,4)30(36)18-24-9-12-31(41)32(19-24)46-34;;;;;;;/h7-12,19-22,29-30H,13-18H2,1-6H3;2*1H;5*1H2/t29-,30-;;;;;;;/m1......./s1. The molecule has 0 spiro atoms. The van der Waals surface area contributed by atoms with Crippen LogP contribution in [0.1, 0.15) is 45.5 Å². The van der Waals surface area contributed by atoms with Gasteiger partial charge in [0.25, 0.3) is 0 Å². The molecule has 0 fully saturated rings. The predicted molar refractivity (Wildman–Crippen MR) is 195 cm³/mol. The van der Waals surface area contributed by atoms with Gasteiger partial charge in [-0.3, -0.25) is 0 Å². The van der Waals surface area contributed by atoms with Crippen molar-refractivity contribution in [1.29, 1.82) is 0 Å². The van der Waals surface area contributed by atoms with E-state index in [4.69, 9.17) is 18.9 Å². The Morgan fingerprint density at radius 1 is 0.623 bits per heavy atom. The summed E-state index contributed by atoms with van der Waals surface area (Å²) in [5, 5.41) is 22.5. The van der Waals surface area contributed by atoms with E-state index in [1.807, 2.05) is 30.3 Å². The van der Waals surface area contributed by atoms with Gasteiger partial charge in [0, 0.05) is 31.2 Å². The molecule has 2 atom stereocenters. The van der Waals surface area contributed by atoms with Crippen LogP contribution in [0.3, 0.4) is 0 Å². The fraction of sp³-hybridized carbons (Fsp3) is 0.368. The summed E-state index contributed by atoms with van der Waals surface area (Å²) in [5.74, 6) is 3.18. The van der Waals surface area contributed by atoms with Crippen molar-refractivity contribution in [2.75, 3.05) is 55.5 Å². The molecule has 0 unspecified atom stereocenters. The van der Waals surface area contributed by atoms with Crippen molar-refractivity contribution < 1.29 is 90.3 Å². The zero-order valence-corrected chi connectivity index (χ0v) is 32.4. The third kappa shape index (κ3) is 8.86. The molecule has 12 N–H and O–H groups in total. The highest BCUT2D eigenvalue weighted by Gasteiger charge is 2.41. The summed E-state index contributed by atoms with van der Waals surface area (Å²) in [6.45, 7) is 1.91. The fourth-order valence-corrected chi connectivity index (χ4v) is 7.61. The van der Waals surface area contributed by atoms with Gasteiger partial charge in [-0.15, -0.1) is 0 Å². The number of phenolic OH excluding ortho intramolecular Hbond substituents is 2. The third-order valence-corrected chi connectivity index (χ3v) is 10.5. The number of methoxy groups -OCH3 is 2. The molecule has 0 saturated heterocycles. The second-order valence-electron chi connectivity index (χ2n) is 14.1. The first-order chi connectivity index (χ1) is 22.0. The molecule has 8 rings (SSSR count). The maximum absolute atomic E-state index is 11.5. The zero-order valence-electron chi connectivity index (χ0n) is 30.8. The number of hydrogen-bond acceptors (Lipinski definition) is 6. The third-order valence-electron chi connectivity index (χ3n) is 10.5. The lowest BCUT2D eigenvalue weighted by molar-refractivity contribution is -0.923. The van der Waals surface area contributed by atoms with Crippen LogP contribution in [0.5, 0.6) is 46.0 Å². The molecule has 0 aliphatic carbocycles. The topological polar surface area (TPSA) is 235 Å². The lowest BCUT2D eigenvalue weighted by atomic mass is 9.85. The SMILES string of the molecule is COc1cc2c3cc1Oc1cc(ccc1O)C[C@@H]1c4c(cc(OC)c(O)c4Oc4ccc(cc4)C[C@H]3[N+](C)(C)CC2)CC[N+]1(C)C.O.O.O.O.O.[Cl-].[Cl-]. The Balaban J connectivity index is 0.00000386. The molecule has 53 heavy (non-hydrogen) atoms. The van der Waals surface area contributed by atoms with E-state index < -0.39 is 0 Å². The molecular weight excluding hydrogens is 731 g/mol. The van der Waals surface area contributed by atoms with Gasteiger partial charge >= 0.3 is 0 Å². The van der Waals surface area contributed by atoms with Crippen LogP contribution in [0.25, 0.3) is 0 Å². The molecule has 4 heterocycles. The number of quaternary nitrogens is 2. The van der Waals surface area contributed by atoms with Crippen LogP contribution in [-0.4, -0.2) is 102 Å².